The van der Waals surface area contributed by atoms with E-state index in [-0.39, 0.29) is 23.5 Å². The van der Waals surface area contributed by atoms with Gasteiger partial charge >= 0.3 is 0 Å². The van der Waals surface area contributed by atoms with Crippen LogP contribution in [0.4, 0.5) is 0 Å². The molecular formula is C17H23N3O4S. The van der Waals surface area contributed by atoms with E-state index in [1.807, 2.05) is 19.1 Å². The number of piperidine rings is 1. The smallest absolute Gasteiger partial charge is 0.289 e. The molecular weight excluding hydrogens is 342 g/mol. The molecule has 8 heteroatoms. The second kappa shape index (κ2) is 6.76. The van der Waals surface area contributed by atoms with Gasteiger partial charge in [-0.1, -0.05) is 0 Å². The summed E-state index contributed by atoms with van der Waals surface area (Å²) in [6.07, 6.45) is 1.25. The van der Waals surface area contributed by atoms with Crippen LogP contribution >= 0.6 is 0 Å². The van der Waals surface area contributed by atoms with Gasteiger partial charge in [-0.25, -0.2) is 17.7 Å². The number of hydrogen-bond donors (Lipinski definition) is 0. The lowest BCUT2D eigenvalue weighted by Gasteiger charge is -2.35. The van der Waals surface area contributed by atoms with E-state index in [4.69, 9.17) is 4.42 Å². The third-order valence-corrected chi connectivity index (χ3v) is 6.70. The number of pyridine rings is 1. The third-order valence-electron chi connectivity index (χ3n) is 4.79. The minimum atomic E-state index is -3.21. The van der Waals surface area contributed by atoms with Crippen LogP contribution in [0.1, 0.15) is 36.0 Å². The molecule has 25 heavy (non-hydrogen) atoms. The Morgan fingerprint density at radius 2 is 2.04 bits per heavy atom. The van der Waals surface area contributed by atoms with Crippen molar-refractivity contribution in [2.24, 2.45) is 0 Å². The Labute approximate surface area is 147 Å². The van der Waals surface area contributed by atoms with Crippen molar-refractivity contribution in [3.05, 3.63) is 29.7 Å². The predicted molar refractivity (Wildman–Crippen MR) is 94.9 cm³/mol. The molecule has 3 heterocycles. The first-order chi connectivity index (χ1) is 11.8. The van der Waals surface area contributed by atoms with E-state index in [1.165, 1.54) is 4.31 Å². The second-order valence-electron chi connectivity index (χ2n) is 6.39. The van der Waals surface area contributed by atoms with Gasteiger partial charge in [0, 0.05) is 37.9 Å². The largest absolute Gasteiger partial charge is 0.449 e. The molecule has 1 saturated heterocycles. The van der Waals surface area contributed by atoms with Crippen molar-refractivity contribution >= 4 is 27.0 Å². The zero-order valence-electron chi connectivity index (χ0n) is 14.7. The van der Waals surface area contributed by atoms with Crippen molar-refractivity contribution < 1.29 is 17.6 Å². The van der Waals surface area contributed by atoms with E-state index in [0.29, 0.717) is 37.0 Å². The Balaban J connectivity index is 1.68. The third kappa shape index (κ3) is 3.55. The van der Waals surface area contributed by atoms with Crippen LogP contribution in [0.3, 0.4) is 0 Å². The first kappa shape index (κ1) is 17.9. The maximum Gasteiger partial charge on any atom is 0.289 e. The average molecular weight is 365 g/mol. The van der Waals surface area contributed by atoms with Crippen LogP contribution in [-0.2, 0) is 10.0 Å². The molecule has 1 fully saturated rings. The molecule has 2 aromatic heterocycles. The Hall–Kier alpha value is -1.93. The highest BCUT2D eigenvalue weighted by atomic mass is 32.2. The lowest BCUT2D eigenvalue weighted by Crippen LogP contribution is -2.47. The number of furan rings is 1. The lowest BCUT2D eigenvalue weighted by atomic mass is 10.1. The molecule has 0 saturated carbocycles. The SMILES string of the molecule is CCS(=O)(=O)N(C)C1CCN(C(=O)c2cc3nc(C)ccc3o2)CC1. The summed E-state index contributed by atoms with van der Waals surface area (Å²) in [5.74, 6) is 0.199. The molecule has 136 valence electrons. The van der Waals surface area contributed by atoms with Crippen LogP contribution in [0.25, 0.3) is 11.1 Å². The van der Waals surface area contributed by atoms with Gasteiger partial charge < -0.3 is 9.32 Å². The summed E-state index contributed by atoms with van der Waals surface area (Å²) in [6.45, 7) is 4.55. The highest BCUT2D eigenvalue weighted by Gasteiger charge is 2.31. The van der Waals surface area contributed by atoms with E-state index in [9.17, 15) is 13.2 Å². The van der Waals surface area contributed by atoms with Gasteiger partial charge in [-0.2, -0.15) is 0 Å². The van der Waals surface area contributed by atoms with Crippen LogP contribution < -0.4 is 0 Å². The molecule has 0 N–H and O–H groups in total. The van der Waals surface area contributed by atoms with Crippen molar-refractivity contribution in [3.63, 3.8) is 0 Å². The average Bonchev–Trinajstić information content (AvgIpc) is 3.03. The number of fused-ring (bicyclic) bond motifs is 1. The Bertz CT molecular complexity index is 882. The van der Waals surface area contributed by atoms with Gasteiger partial charge in [-0.3, -0.25) is 4.79 Å². The number of hydrogen-bond acceptors (Lipinski definition) is 5. The molecule has 0 aromatic carbocycles. The molecule has 3 rings (SSSR count). The molecule has 7 nitrogen and oxygen atoms in total. The van der Waals surface area contributed by atoms with Crippen molar-refractivity contribution in [2.45, 2.75) is 32.7 Å². The number of aryl methyl sites for hydroxylation is 1. The van der Waals surface area contributed by atoms with E-state index in [1.54, 1.807) is 24.9 Å². The fourth-order valence-electron chi connectivity index (χ4n) is 3.15. The Morgan fingerprint density at radius 3 is 2.68 bits per heavy atom. The Morgan fingerprint density at radius 1 is 1.36 bits per heavy atom. The monoisotopic (exact) mass is 365 g/mol. The molecule has 1 aliphatic rings. The van der Waals surface area contributed by atoms with Gasteiger partial charge in [0.1, 0.15) is 5.52 Å². The van der Waals surface area contributed by atoms with Gasteiger partial charge in [0.15, 0.2) is 11.3 Å². The topological polar surface area (TPSA) is 83.7 Å². The highest BCUT2D eigenvalue weighted by molar-refractivity contribution is 7.89. The zero-order chi connectivity index (χ0) is 18.2. The second-order valence-corrected chi connectivity index (χ2v) is 8.70. The zero-order valence-corrected chi connectivity index (χ0v) is 15.5. The first-order valence-corrected chi connectivity index (χ1v) is 10.0. The molecule has 1 amide bonds. The number of sulfonamides is 1. The molecule has 0 spiro atoms. The van der Waals surface area contributed by atoms with Gasteiger partial charge in [-0.15, -0.1) is 0 Å². The summed E-state index contributed by atoms with van der Waals surface area (Å²) in [7, 11) is -1.59. The van der Waals surface area contributed by atoms with Gasteiger partial charge in [0.2, 0.25) is 10.0 Å². The van der Waals surface area contributed by atoms with Crippen LogP contribution in [0.5, 0.6) is 0 Å². The molecule has 2 aromatic rings. The molecule has 0 radical (unpaired) electrons. The quantitative estimate of drug-likeness (QED) is 0.828. The molecule has 0 aliphatic carbocycles. The number of aromatic nitrogens is 1. The number of likely N-dealkylation sites (tertiary alicyclic amines) is 1. The van der Waals surface area contributed by atoms with E-state index < -0.39 is 10.0 Å². The number of nitrogens with zero attached hydrogens (tertiary/aromatic N) is 3. The van der Waals surface area contributed by atoms with Crippen LogP contribution in [-0.4, -0.2) is 60.4 Å². The summed E-state index contributed by atoms with van der Waals surface area (Å²) >= 11 is 0. The summed E-state index contributed by atoms with van der Waals surface area (Å²) in [6, 6.07) is 5.26. The molecule has 1 aliphatic heterocycles. The molecule has 0 bridgehead atoms. The number of carbonyl (C=O) groups excluding carboxylic acids is 1. The number of amides is 1. The van der Waals surface area contributed by atoms with Gasteiger partial charge in [-0.05, 0) is 38.8 Å². The van der Waals surface area contributed by atoms with Crippen LogP contribution in [0, 0.1) is 6.92 Å². The summed E-state index contributed by atoms with van der Waals surface area (Å²) < 4.78 is 31.0. The van der Waals surface area contributed by atoms with Crippen molar-refractivity contribution in [2.75, 3.05) is 25.9 Å². The van der Waals surface area contributed by atoms with Crippen molar-refractivity contribution in [1.82, 2.24) is 14.2 Å². The standard InChI is InChI=1S/C17H23N3O4S/c1-4-25(22,23)19(3)13-7-9-20(10-8-13)17(21)16-11-14-15(24-16)6-5-12(2)18-14/h5-6,11,13H,4,7-10H2,1-3H3. The maximum atomic E-state index is 12.7. The summed E-state index contributed by atoms with van der Waals surface area (Å²) in [4.78, 5) is 18.7. The van der Waals surface area contributed by atoms with Crippen molar-refractivity contribution in [3.8, 4) is 0 Å². The minimum Gasteiger partial charge on any atom is -0.449 e. The Kier molecular flexibility index (Phi) is 4.83. The summed E-state index contributed by atoms with van der Waals surface area (Å²) in [5, 5.41) is 0. The summed E-state index contributed by atoms with van der Waals surface area (Å²) in [5.41, 5.74) is 2.14. The fraction of sp³-hybridized carbons (Fsp3) is 0.529. The van der Waals surface area contributed by atoms with E-state index in [2.05, 4.69) is 4.98 Å². The highest BCUT2D eigenvalue weighted by Crippen LogP contribution is 2.23. The molecule has 0 unspecified atom stereocenters. The predicted octanol–water partition coefficient (Wildman–Crippen LogP) is 2.02. The fourth-order valence-corrected chi connectivity index (χ4v) is 4.22. The number of carbonyl (C=O) groups is 1. The van der Waals surface area contributed by atoms with Crippen LogP contribution in [0.15, 0.2) is 22.6 Å². The normalized spacial score (nSPS) is 16.7. The maximum absolute atomic E-state index is 12.7. The number of rotatable bonds is 4. The lowest BCUT2D eigenvalue weighted by molar-refractivity contribution is 0.0656. The first-order valence-electron chi connectivity index (χ1n) is 8.44. The minimum absolute atomic E-state index is 0.0611. The van der Waals surface area contributed by atoms with E-state index >= 15 is 0 Å². The molecule has 0 atom stereocenters. The van der Waals surface area contributed by atoms with Crippen molar-refractivity contribution in [1.29, 1.82) is 0 Å². The van der Waals surface area contributed by atoms with Gasteiger partial charge in [0.05, 0.1) is 5.75 Å². The van der Waals surface area contributed by atoms with Crippen LogP contribution in [0.2, 0.25) is 0 Å². The van der Waals surface area contributed by atoms with E-state index in [0.717, 1.165) is 5.69 Å². The van der Waals surface area contributed by atoms with Gasteiger partial charge in [0.25, 0.3) is 5.91 Å².